The van der Waals surface area contributed by atoms with Crippen LogP contribution >= 0.6 is 0 Å². The fraction of sp³-hybridized carbons (Fsp3) is 0.765. The van der Waals surface area contributed by atoms with E-state index in [-0.39, 0.29) is 24.7 Å². The maximum Gasteiger partial charge on any atom is 0.248 e. The van der Waals surface area contributed by atoms with Crippen molar-refractivity contribution in [3.05, 3.63) is 18.2 Å². The van der Waals surface area contributed by atoms with Crippen LogP contribution in [0.2, 0.25) is 0 Å². The van der Waals surface area contributed by atoms with Gasteiger partial charge in [0.25, 0.3) is 0 Å². The number of carbonyl (C=O) groups is 1. The lowest BCUT2D eigenvalue weighted by atomic mass is 9.98. The number of H-pyrrole nitrogens is 1. The van der Waals surface area contributed by atoms with Gasteiger partial charge in [0.05, 0.1) is 12.1 Å². The second-order valence-electron chi connectivity index (χ2n) is 6.53. The Bertz CT molecular complexity index is 485. The molecule has 6 nitrogen and oxygen atoms in total. The van der Waals surface area contributed by atoms with Gasteiger partial charge in [0, 0.05) is 32.0 Å². The Morgan fingerprint density at radius 3 is 2.87 bits per heavy atom. The summed E-state index contributed by atoms with van der Waals surface area (Å²) in [6.45, 7) is 5.69. The summed E-state index contributed by atoms with van der Waals surface area (Å²) in [7, 11) is 0. The molecule has 1 saturated carbocycles. The van der Waals surface area contributed by atoms with Crippen molar-refractivity contribution in [2.45, 2.75) is 51.2 Å². The molecule has 2 fully saturated rings. The van der Waals surface area contributed by atoms with Gasteiger partial charge in [-0.2, -0.15) is 0 Å². The molecule has 1 aromatic rings. The quantitative estimate of drug-likeness (QED) is 0.901. The van der Waals surface area contributed by atoms with Crippen LogP contribution in [0.25, 0.3) is 0 Å². The maximum atomic E-state index is 12.5. The van der Waals surface area contributed by atoms with Gasteiger partial charge in [-0.3, -0.25) is 9.69 Å². The zero-order valence-corrected chi connectivity index (χ0v) is 14.0. The highest BCUT2D eigenvalue weighted by atomic mass is 16.5. The average molecular weight is 320 g/mol. The van der Waals surface area contributed by atoms with Gasteiger partial charge in [-0.1, -0.05) is 26.2 Å². The maximum absolute atomic E-state index is 12.5. The molecule has 0 bridgehead atoms. The van der Waals surface area contributed by atoms with Crippen LogP contribution in [0.3, 0.4) is 0 Å². The van der Waals surface area contributed by atoms with Crippen molar-refractivity contribution in [3.8, 4) is 0 Å². The van der Waals surface area contributed by atoms with Gasteiger partial charge in [0.2, 0.25) is 5.91 Å². The zero-order chi connectivity index (χ0) is 16.1. The minimum Gasteiger partial charge on any atom is -0.368 e. The van der Waals surface area contributed by atoms with E-state index < -0.39 is 0 Å². The Morgan fingerprint density at radius 1 is 1.35 bits per heavy atom. The number of amides is 1. The number of imidazole rings is 1. The number of hydrogen-bond donors (Lipinski definition) is 1. The van der Waals surface area contributed by atoms with Gasteiger partial charge in [0.15, 0.2) is 0 Å². The Hall–Kier alpha value is -1.40. The SMILES string of the molecule is CCN1CCN(C(=O)COC2CCCCC2)CC1c1ncc[nH]1. The van der Waals surface area contributed by atoms with Crippen LogP contribution in [0, 0.1) is 0 Å². The van der Waals surface area contributed by atoms with E-state index in [1.807, 2.05) is 11.1 Å². The third kappa shape index (κ3) is 4.12. The molecule has 0 aromatic carbocycles. The summed E-state index contributed by atoms with van der Waals surface area (Å²) in [6.07, 6.45) is 9.87. The van der Waals surface area contributed by atoms with Crippen LogP contribution in [0.5, 0.6) is 0 Å². The highest BCUT2D eigenvalue weighted by Crippen LogP contribution is 2.23. The summed E-state index contributed by atoms with van der Waals surface area (Å²) in [5.41, 5.74) is 0. The summed E-state index contributed by atoms with van der Waals surface area (Å²) >= 11 is 0. The van der Waals surface area contributed by atoms with E-state index in [2.05, 4.69) is 21.8 Å². The second kappa shape index (κ2) is 7.93. The van der Waals surface area contributed by atoms with E-state index in [0.29, 0.717) is 6.54 Å². The molecule has 2 heterocycles. The first-order valence-electron chi connectivity index (χ1n) is 8.90. The average Bonchev–Trinajstić information content (AvgIpc) is 3.14. The van der Waals surface area contributed by atoms with Gasteiger partial charge < -0.3 is 14.6 Å². The van der Waals surface area contributed by atoms with Crippen molar-refractivity contribution < 1.29 is 9.53 Å². The van der Waals surface area contributed by atoms with E-state index in [4.69, 9.17) is 4.74 Å². The molecule has 1 aromatic heterocycles. The normalized spacial score (nSPS) is 24.0. The highest BCUT2D eigenvalue weighted by molar-refractivity contribution is 5.77. The molecule has 0 spiro atoms. The Kier molecular flexibility index (Phi) is 5.67. The predicted octanol–water partition coefficient (Wildman–Crippen LogP) is 1.96. The van der Waals surface area contributed by atoms with E-state index >= 15 is 0 Å². The van der Waals surface area contributed by atoms with Crippen molar-refractivity contribution in [1.29, 1.82) is 0 Å². The molecular weight excluding hydrogens is 292 g/mol. The van der Waals surface area contributed by atoms with Crippen LogP contribution in [0.4, 0.5) is 0 Å². The second-order valence-corrected chi connectivity index (χ2v) is 6.53. The van der Waals surface area contributed by atoms with E-state index in [1.54, 1.807) is 6.20 Å². The molecule has 1 aliphatic carbocycles. The topological polar surface area (TPSA) is 61.5 Å². The number of aromatic amines is 1. The van der Waals surface area contributed by atoms with Crippen molar-refractivity contribution in [2.75, 3.05) is 32.8 Å². The fourth-order valence-corrected chi connectivity index (χ4v) is 3.66. The smallest absolute Gasteiger partial charge is 0.248 e. The zero-order valence-electron chi connectivity index (χ0n) is 14.0. The Labute approximate surface area is 138 Å². The number of likely N-dealkylation sites (N-methyl/N-ethyl adjacent to an activating group) is 1. The van der Waals surface area contributed by atoms with Crippen LogP contribution in [-0.2, 0) is 9.53 Å². The van der Waals surface area contributed by atoms with E-state index in [1.165, 1.54) is 19.3 Å². The lowest BCUT2D eigenvalue weighted by Gasteiger charge is -2.40. The third-order valence-electron chi connectivity index (χ3n) is 5.08. The first-order chi connectivity index (χ1) is 11.3. The number of nitrogens with one attached hydrogen (secondary N) is 1. The molecule has 1 unspecified atom stereocenters. The van der Waals surface area contributed by atoms with Crippen molar-refractivity contribution in [3.63, 3.8) is 0 Å². The number of aromatic nitrogens is 2. The minimum absolute atomic E-state index is 0.114. The van der Waals surface area contributed by atoms with Gasteiger partial charge in [-0.05, 0) is 19.4 Å². The van der Waals surface area contributed by atoms with Crippen molar-refractivity contribution >= 4 is 5.91 Å². The lowest BCUT2D eigenvalue weighted by Crippen LogP contribution is -2.51. The molecule has 1 saturated heterocycles. The molecule has 1 atom stereocenters. The Balaban J connectivity index is 1.54. The first-order valence-corrected chi connectivity index (χ1v) is 8.90. The number of ether oxygens (including phenoxy) is 1. The van der Waals surface area contributed by atoms with E-state index in [9.17, 15) is 4.79 Å². The number of piperazine rings is 1. The molecule has 128 valence electrons. The number of nitrogens with zero attached hydrogens (tertiary/aromatic N) is 3. The third-order valence-corrected chi connectivity index (χ3v) is 5.08. The first kappa shape index (κ1) is 16.5. The standard InChI is InChI=1S/C17H28N4O2/c1-2-20-10-11-21(12-15(20)17-18-8-9-19-17)16(22)13-23-14-6-4-3-5-7-14/h8-9,14-15H,2-7,10-13H2,1H3,(H,18,19). The van der Waals surface area contributed by atoms with E-state index in [0.717, 1.165) is 38.3 Å². The van der Waals surface area contributed by atoms with Gasteiger partial charge >= 0.3 is 0 Å². The monoisotopic (exact) mass is 320 g/mol. The van der Waals surface area contributed by atoms with Crippen LogP contribution in [0.15, 0.2) is 12.4 Å². The molecule has 23 heavy (non-hydrogen) atoms. The number of hydrogen-bond acceptors (Lipinski definition) is 4. The predicted molar refractivity (Wildman–Crippen MR) is 88.0 cm³/mol. The van der Waals surface area contributed by atoms with Gasteiger partial charge in [0.1, 0.15) is 12.4 Å². The summed E-state index contributed by atoms with van der Waals surface area (Å²) in [5, 5.41) is 0. The number of rotatable bonds is 5. The van der Waals surface area contributed by atoms with Crippen LogP contribution in [0.1, 0.15) is 50.9 Å². The van der Waals surface area contributed by atoms with Crippen LogP contribution < -0.4 is 0 Å². The summed E-state index contributed by atoms with van der Waals surface area (Å²) in [6, 6.07) is 0.155. The number of carbonyl (C=O) groups excluding carboxylic acids is 1. The highest BCUT2D eigenvalue weighted by Gasteiger charge is 2.31. The molecule has 3 rings (SSSR count). The summed E-state index contributed by atoms with van der Waals surface area (Å²) < 4.78 is 5.85. The molecule has 1 aliphatic heterocycles. The largest absolute Gasteiger partial charge is 0.368 e. The van der Waals surface area contributed by atoms with Gasteiger partial charge in [-0.25, -0.2) is 4.98 Å². The molecule has 0 radical (unpaired) electrons. The van der Waals surface area contributed by atoms with Gasteiger partial charge in [-0.15, -0.1) is 0 Å². The molecule has 2 aliphatic rings. The Morgan fingerprint density at radius 2 is 2.17 bits per heavy atom. The molecule has 6 heteroatoms. The fourth-order valence-electron chi connectivity index (χ4n) is 3.66. The molecule has 1 amide bonds. The van der Waals surface area contributed by atoms with Crippen LogP contribution in [-0.4, -0.2) is 64.6 Å². The van der Waals surface area contributed by atoms with Crippen molar-refractivity contribution in [1.82, 2.24) is 19.8 Å². The lowest BCUT2D eigenvalue weighted by molar-refractivity contribution is -0.142. The van der Waals surface area contributed by atoms with Crippen molar-refractivity contribution in [2.24, 2.45) is 0 Å². The molecule has 1 N–H and O–H groups in total. The molecular formula is C17H28N4O2. The summed E-state index contributed by atoms with van der Waals surface area (Å²) in [5.74, 6) is 1.06. The minimum atomic E-state index is 0.114. The summed E-state index contributed by atoms with van der Waals surface area (Å²) in [4.78, 5) is 24.4.